The molecule has 4 atom stereocenters. The number of benzene rings is 2. The first-order valence-corrected chi connectivity index (χ1v) is 12.0. The number of carbonyl (C=O) groups excluding carboxylic acids is 1. The first-order valence-electron chi connectivity index (χ1n) is 12.0. The van der Waals surface area contributed by atoms with Gasteiger partial charge in [0.05, 0.1) is 19.0 Å². The number of hydrogen-bond acceptors (Lipinski definition) is 3. The van der Waals surface area contributed by atoms with Crippen molar-refractivity contribution in [2.45, 2.75) is 46.0 Å². The minimum Gasteiger partial charge on any atom is -0.496 e. The van der Waals surface area contributed by atoms with E-state index >= 15 is 0 Å². The van der Waals surface area contributed by atoms with Crippen LogP contribution in [0.15, 0.2) is 54.7 Å². The normalized spacial score (nSPS) is 24.3. The maximum Gasteiger partial charge on any atom is 0.133 e. The van der Waals surface area contributed by atoms with Crippen molar-refractivity contribution in [3.8, 4) is 28.1 Å². The SMILES string of the molecule is C/C=C(\C)c1ccc(-c2ccc(-c3cnc(C4C5CCC(C5)C4C(C)=O)[nH]3)cc2)c(OC)c1. The Morgan fingerprint density at radius 3 is 2.48 bits per heavy atom. The number of aromatic amines is 1. The summed E-state index contributed by atoms with van der Waals surface area (Å²) in [6, 6.07) is 14.9. The molecule has 0 aliphatic heterocycles. The molecule has 1 aromatic heterocycles. The van der Waals surface area contributed by atoms with Gasteiger partial charge in [0.25, 0.3) is 0 Å². The number of fused-ring (bicyclic) bond motifs is 2. The number of aromatic nitrogens is 2. The highest BCUT2D eigenvalue weighted by Crippen LogP contribution is 2.56. The Labute approximate surface area is 196 Å². The molecule has 2 bridgehead atoms. The van der Waals surface area contributed by atoms with Crippen LogP contribution in [0, 0.1) is 17.8 Å². The number of methoxy groups -OCH3 is 1. The lowest BCUT2D eigenvalue weighted by atomic mass is 9.77. The number of H-pyrrole nitrogens is 1. The van der Waals surface area contributed by atoms with Crippen molar-refractivity contribution >= 4 is 11.4 Å². The second-order valence-electron chi connectivity index (χ2n) is 9.64. The number of Topliss-reactive ketones (excluding diaryl/α,β-unsaturated/α-hetero) is 1. The van der Waals surface area contributed by atoms with Gasteiger partial charge >= 0.3 is 0 Å². The summed E-state index contributed by atoms with van der Waals surface area (Å²) in [7, 11) is 1.72. The lowest BCUT2D eigenvalue weighted by Crippen LogP contribution is -2.27. The number of carbonyl (C=O) groups is 1. The standard InChI is InChI=1S/C29H32N2O2/c1-5-17(2)21-12-13-24(26(15-21)33-4)19-6-8-20(9-7-19)25-16-30-29(31-25)28-23-11-10-22(14-23)27(28)18(3)32/h5-9,12-13,15-16,22-23,27-28H,10-11,14H2,1-4H3,(H,30,31)/b17-5+. The van der Waals surface area contributed by atoms with Gasteiger partial charge in [0, 0.05) is 17.4 Å². The summed E-state index contributed by atoms with van der Waals surface area (Å²) in [6.07, 6.45) is 7.62. The largest absolute Gasteiger partial charge is 0.496 e. The molecule has 1 N–H and O–H groups in total. The number of ether oxygens (including phenoxy) is 1. The van der Waals surface area contributed by atoms with Gasteiger partial charge in [0.15, 0.2) is 0 Å². The lowest BCUT2D eigenvalue weighted by Gasteiger charge is -2.27. The second kappa shape index (κ2) is 8.66. The van der Waals surface area contributed by atoms with Crippen LogP contribution < -0.4 is 4.74 Å². The molecule has 4 nitrogen and oxygen atoms in total. The minimum atomic E-state index is 0.131. The smallest absolute Gasteiger partial charge is 0.133 e. The van der Waals surface area contributed by atoms with Crippen molar-refractivity contribution in [1.82, 2.24) is 9.97 Å². The van der Waals surface area contributed by atoms with E-state index in [0.717, 1.165) is 34.0 Å². The Kier molecular flexibility index (Phi) is 5.69. The summed E-state index contributed by atoms with van der Waals surface area (Å²) in [5.41, 5.74) is 6.70. The number of ketones is 1. The molecule has 0 saturated heterocycles. The molecule has 2 aliphatic carbocycles. The van der Waals surface area contributed by atoms with Crippen molar-refractivity contribution in [2.24, 2.45) is 17.8 Å². The molecule has 0 radical (unpaired) electrons. The molecule has 2 aliphatic rings. The fourth-order valence-electron chi connectivity index (χ4n) is 6.09. The molecule has 0 amide bonds. The predicted molar refractivity (Wildman–Crippen MR) is 133 cm³/mol. The van der Waals surface area contributed by atoms with E-state index in [1.54, 1.807) is 14.0 Å². The third-order valence-corrected chi connectivity index (χ3v) is 7.89. The van der Waals surface area contributed by atoms with E-state index in [0.29, 0.717) is 17.6 Å². The predicted octanol–water partition coefficient (Wildman–Crippen LogP) is 6.89. The Morgan fingerprint density at radius 2 is 1.79 bits per heavy atom. The van der Waals surface area contributed by atoms with Crippen molar-refractivity contribution in [3.63, 3.8) is 0 Å². The number of rotatable bonds is 6. The molecule has 4 unspecified atom stereocenters. The fraction of sp³-hybridized carbons (Fsp3) is 0.379. The molecule has 1 heterocycles. The summed E-state index contributed by atoms with van der Waals surface area (Å²) in [5, 5.41) is 0. The fourth-order valence-corrected chi connectivity index (χ4v) is 6.09. The van der Waals surface area contributed by atoms with Gasteiger partial charge in [0.2, 0.25) is 0 Å². The van der Waals surface area contributed by atoms with E-state index in [1.165, 1.54) is 30.4 Å². The average molecular weight is 441 g/mol. The molecule has 0 spiro atoms. The number of hydrogen-bond donors (Lipinski definition) is 1. The van der Waals surface area contributed by atoms with Gasteiger partial charge in [-0.2, -0.15) is 0 Å². The van der Waals surface area contributed by atoms with Gasteiger partial charge in [-0.15, -0.1) is 0 Å². The maximum atomic E-state index is 12.3. The van der Waals surface area contributed by atoms with Crippen molar-refractivity contribution in [3.05, 3.63) is 66.1 Å². The summed E-state index contributed by atoms with van der Waals surface area (Å²) in [6.45, 7) is 5.91. The first kappa shape index (κ1) is 21.7. The molecule has 2 fully saturated rings. The van der Waals surface area contributed by atoms with Crippen LogP contribution >= 0.6 is 0 Å². The Hall–Kier alpha value is -3.14. The van der Waals surface area contributed by atoms with E-state index in [4.69, 9.17) is 9.72 Å². The first-order chi connectivity index (χ1) is 16.0. The monoisotopic (exact) mass is 440 g/mol. The summed E-state index contributed by atoms with van der Waals surface area (Å²) in [5.74, 6) is 3.69. The van der Waals surface area contributed by atoms with E-state index < -0.39 is 0 Å². The van der Waals surface area contributed by atoms with Gasteiger partial charge in [0.1, 0.15) is 17.4 Å². The molecule has 33 heavy (non-hydrogen) atoms. The highest BCUT2D eigenvalue weighted by atomic mass is 16.5. The van der Waals surface area contributed by atoms with Crippen LogP contribution in [0.4, 0.5) is 0 Å². The Balaban J connectivity index is 1.40. The van der Waals surface area contributed by atoms with Crippen LogP contribution in [-0.2, 0) is 4.79 Å². The highest BCUT2D eigenvalue weighted by molar-refractivity contribution is 5.80. The van der Waals surface area contributed by atoms with Crippen molar-refractivity contribution in [2.75, 3.05) is 7.11 Å². The summed E-state index contributed by atoms with van der Waals surface area (Å²) in [4.78, 5) is 20.6. The zero-order valence-corrected chi connectivity index (χ0v) is 19.9. The van der Waals surface area contributed by atoms with Gasteiger partial charge in [-0.25, -0.2) is 4.98 Å². The van der Waals surface area contributed by atoms with Crippen LogP contribution in [0.2, 0.25) is 0 Å². The van der Waals surface area contributed by atoms with Crippen molar-refractivity contribution in [1.29, 1.82) is 0 Å². The van der Waals surface area contributed by atoms with Crippen LogP contribution in [0.3, 0.4) is 0 Å². The topological polar surface area (TPSA) is 55.0 Å². The number of imidazole rings is 1. The lowest BCUT2D eigenvalue weighted by molar-refractivity contribution is -0.122. The summed E-state index contributed by atoms with van der Waals surface area (Å²) >= 11 is 0. The summed E-state index contributed by atoms with van der Waals surface area (Å²) < 4.78 is 5.69. The van der Waals surface area contributed by atoms with Crippen LogP contribution in [0.25, 0.3) is 28.0 Å². The van der Waals surface area contributed by atoms with Crippen molar-refractivity contribution < 1.29 is 9.53 Å². The molecular formula is C29H32N2O2. The highest BCUT2D eigenvalue weighted by Gasteiger charge is 2.51. The van der Waals surface area contributed by atoms with Gasteiger partial charge in [-0.1, -0.05) is 42.5 Å². The second-order valence-corrected chi connectivity index (χ2v) is 9.64. The minimum absolute atomic E-state index is 0.131. The van der Waals surface area contributed by atoms with Gasteiger partial charge in [-0.3, -0.25) is 4.79 Å². The van der Waals surface area contributed by atoms with E-state index in [9.17, 15) is 4.79 Å². The third kappa shape index (κ3) is 3.82. The number of nitrogens with zero attached hydrogens (tertiary/aromatic N) is 1. The zero-order valence-electron chi connectivity index (χ0n) is 19.9. The quantitative estimate of drug-likeness (QED) is 0.454. The molecular weight excluding hydrogens is 408 g/mol. The average Bonchev–Trinajstić information content (AvgIpc) is 3.59. The number of nitrogens with one attached hydrogen (secondary N) is 1. The Morgan fingerprint density at radius 1 is 1.06 bits per heavy atom. The zero-order chi connectivity index (χ0) is 23.1. The maximum absolute atomic E-state index is 12.3. The molecule has 3 aromatic rings. The molecule has 5 rings (SSSR count). The van der Waals surface area contributed by atoms with E-state index in [1.807, 2.05) is 13.1 Å². The Bertz CT molecular complexity index is 1200. The molecule has 170 valence electrons. The molecule has 2 aromatic carbocycles. The van der Waals surface area contributed by atoms with E-state index in [2.05, 4.69) is 60.4 Å². The molecule has 2 saturated carbocycles. The third-order valence-electron chi connectivity index (χ3n) is 7.89. The van der Waals surface area contributed by atoms with E-state index in [-0.39, 0.29) is 11.8 Å². The van der Waals surface area contributed by atoms with Crippen LogP contribution in [-0.4, -0.2) is 22.9 Å². The van der Waals surface area contributed by atoms with Gasteiger partial charge < -0.3 is 9.72 Å². The van der Waals surface area contributed by atoms with Crippen LogP contribution in [0.1, 0.15) is 57.3 Å². The molecule has 4 heteroatoms. The number of allylic oxidation sites excluding steroid dienone is 2. The van der Waals surface area contributed by atoms with Crippen LogP contribution in [0.5, 0.6) is 5.75 Å². The van der Waals surface area contributed by atoms with Gasteiger partial charge in [-0.05, 0) is 80.2 Å².